The van der Waals surface area contributed by atoms with Gasteiger partial charge in [-0.05, 0) is 19.3 Å². The van der Waals surface area contributed by atoms with Gasteiger partial charge in [0.25, 0.3) is 0 Å². The topological polar surface area (TPSA) is 68.8 Å². The maximum atomic E-state index is 11.4. The summed E-state index contributed by atoms with van der Waals surface area (Å²) in [6.45, 7) is -0.138. The van der Waals surface area contributed by atoms with E-state index in [1.165, 1.54) is 0 Å². The van der Waals surface area contributed by atoms with Crippen LogP contribution in [-0.2, 0) is 9.59 Å². The first-order valence-electron chi connectivity index (χ1n) is 5.09. The van der Waals surface area contributed by atoms with E-state index < -0.39 is 0 Å². The molecule has 1 rings (SSSR count). The van der Waals surface area contributed by atoms with Gasteiger partial charge >= 0.3 is 0 Å². The third-order valence-corrected chi connectivity index (χ3v) is 2.70. The maximum absolute atomic E-state index is 11.4. The van der Waals surface area contributed by atoms with Gasteiger partial charge < -0.3 is 10.6 Å². The molecular formula is C10H15N2O2-. The van der Waals surface area contributed by atoms with Crippen LogP contribution in [0.15, 0.2) is 5.11 Å². The molecule has 0 saturated heterocycles. The lowest BCUT2D eigenvalue weighted by Crippen LogP contribution is -2.20. The van der Waals surface area contributed by atoms with E-state index in [1.807, 2.05) is 0 Å². The maximum Gasteiger partial charge on any atom is 0.152 e. The van der Waals surface area contributed by atoms with Crippen LogP contribution in [0.2, 0.25) is 0 Å². The average Bonchev–Trinajstić information content (AvgIpc) is 2.17. The van der Waals surface area contributed by atoms with Gasteiger partial charge in [0, 0.05) is 18.8 Å². The van der Waals surface area contributed by atoms with Crippen LogP contribution < -0.4 is 0 Å². The van der Waals surface area contributed by atoms with Crippen LogP contribution in [0, 0.1) is 5.92 Å². The van der Waals surface area contributed by atoms with Crippen LogP contribution in [-0.4, -0.2) is 18.1 Å². The molecule has 0 bridgehead atoms. The third-order valence-electron chi connectivity index (χ3n) is 2.70. The van der Waals surface area contributed by atoms with Crippen molar-refractivity contribution in [3.63, 3.8) is 0 Å². The van der Waals surface area contributed by atoms with Gasteiger partial charge in [-0.1, -0.05) is 6.42 Å². The number of Topliss-reactive ketones (excluding diaryl/α,β-unsaturated/α-hetero) is 2. The molecule has 1 fully saturated rings. The molecule has 0 N–H and O–H groups in total. The quantitative estimate of drug-likeness (QED) is 0.630. The van der Waals surface area contributed by atoms with E-state index in [0.717, 1.165) is 19.3 Å². The predicted molar refractivity (Wildman–Crippen MR) is 51.9 cm³/mol. The Kier molecular flexibility index (Phi) is 4.43. The number of nitrogens with zero attached hydrogens (tertiary/aromatic N) is 2. The fraction of sp³-hybridized carbons (Fsp3) is 0.800. The van der Waals surface area contributed by atoms with Gasteiger partial charge in [0.2, 0.25) is 0 Å². The standard InChI is InChI=1S/C10H15N2O2/c11-12-7-9(13)6-5-8-3-1-2-4-10(8)14/h8H,1-7H2/q-1. The van der Waals surface area contributed by atoms with Gasteiger partial charge in [-0.2, -0.15) is 0 Å². The van der Waals surface area contributed by atoms with Crippen molar-refractivity contribution < 1.29 is 9.59 Å². The number of carbonyl (C=O) groups is 2. The van der Waals surface area contributed by atoms with Crippen molar-refractivity contribution in [2.75, 3.05) is 6.54 Å². The van der Waals surface area contributed by atoms with Gasteiger partial charge in [0.1, 0.15) is 5.78 Å². The van der Waals surface area contributed by atoms with Crippen molar-refractivity contribution in [3.8, 4) is 0 Å². The summed E-state index contributed by atoms with van der Waals surface area (Å²) >= 11 is 0. The van der Waals surface area contributed by atoms with E-state index >= 15 is 0 Å². The Labute approximate surface area is 83.6 Å². The van der Waals surface area contributed by atoms with Gasteiger partial charge in [-0.3, -0.25) is 9.59 Å². The summed E-state index contributed by atoms with van der Waals surface area (Å²) in [7, 11) is 0. The van der Waals surface area contributed by atoms with E-state index in [0.29, 0.717) is 25.0 Å². The lowest BCUT2D eigenvalue weighted by atomic mass is 9.84. The van der Waals surface area contributed by atoms with Crippen molar-refractivity contribution in [2.45, 2.75) is 38.5 Å². The summed E-state index contributed by atoms with van der Waals surface area (Å²) in [6.07, 6.45) is 4.67. The molecule has 4 heteroatoms. The molecule has 1 aliphatic rings. The Balaban J connectivity index is 2.25. The van der Waals surface area contributed by atoms with Crippen LogP contribution in [0.25, 0.3) is 5.53 Å². The molecule has 1 aliphatic carbocycles. The molecular weight excluding hydrogens is 180 g/mol. The number of ketones is 2. The molecule has 0 aromatic carbocycles. The summed E-state index contributed by atoms with van der Waals surface area (Å²) in [5.74, 6) is 0.280. The van der Waals surface area contributed by atoms with Crippen LogP contribution in [0.1, 0.15) is 38.5 Å². The zero-order chi connectivity index (χ0) is 10.4. The molecule has 14 heavy (non-hydrogen) atoms. The highest BCUT2D eigenvalue weighted by Gasteiger charge is 2.22. The number of rotatable bonds is 5. The molecule has 1 atom stereocenters. The highest BCUT2D eigenvalue weighted by molar-refractivity contribution is 5.84. The number of hydrogen-bond donors (Lipinski definition) is 0. The SMILES string of the molecule is [N-]=NCC(=O)CCC1CCCCC1=O. The normalized spacial score (nSPS) is 22.0. The van der Waals surface area contributed by atoms with Crippen molar-refractivity contribution in [1.82, 2.24) is 0 Å². The van der Waals surface area contributed by atoms with Gasteiger partial charge in [0.05, 0.1) is 6.54 Å². The summed E-state index contributed by atoms with van der Waals surface area (Å²) in [6, 6.07) is 0. The zero-order valence-electron chi connectivity index (χ0n) is 8.24. The fourth-order valence-corrected chi connectivity index (χ4v) is 1.85. The number of hydrogen-bond acceptors (Lipinski definition) is 3. The van der Waals surface area contributed by atoms with Gasteiger partial charge in [-0.15, -0.1) is 0 Å². The first-order valence-corrected chi connectivity index (χ1v) is 5.09. The first kappa shape index (κ1) is 11.0. The Morgan fingerprint density at radius 2 is 2.29 bits per heavy atom. The lowest BCUT2D eigenvalue weighted by molar-refractivity contribution is -0.125. The Morgan fingerprint density at radius 1 is 1.50 bits per heavy atom. The molecule has 0 aliphatic heterocycles. The molecule has 0 amide bonds. The summed E-state index contributed by atoms with van der Waals surface area (Å²) in [4.78, 5) is 22.4. The van der Waals surface area contributed by atoms with E-state index in [4.69, 9.17) is 5.53 Å². The minimum absolute atomic E-state index is 0.0754. The van der Waals surface area contributed by atoms with E-state index in [2.05, 4.69) is 5.11 Å². The highest BCUT2D eigenvalue weighted by atomic mass is 16.1. The summed E-state index contributed by atoms with van der Waals surface area (Å²) < 4.78 is 0. The number of carbonyl (C=O) groups excluding carboxylic acids is 2. The molecule has 0 radical (unpaired) electrons. The second-order valence-corrected chi connectivity index (χ2v) is 3.79. The molecule has 78 valence electrons. The Bertz CT molecular complexity index is 238. The zero-order valence-corrected chi connectivity index (χ0v) is 8.24. The monoisotopic (exact) mass is 195 g/mol. The summed E-state index contributed by atoms with van der Waals surface area (Å²) in [5.41, 5.74) is 8.16. The molecule has 0 aromatic heterocycles. The Morgan fingerprint density at radius 3 is 2.93 bits per heavy atom. The van der Waals surface area contributed by atoms with Crippen LogP contribution >= 0.6 is 0 Å². The van der Waals surface area contributed by atoms with E-state index in [-0.39, 0.29) is 18.2 Å². The van der Waals surface area contributed by atoms with E-state index in [9.17, 15) is 9.59 Å². The molecule has 1 saturated carbocycles. The van der Waals surface area contributed by atoms with Crippen molar-refractivity contribution >= 4 is 11.6 Å². The van der Waals surface area contributed by atoms with Crippen molar-refractivity contribution in [1.29, 1.82) is 0 Å². The van der Waals surface area contributed by atoms with Gasteiger partial charge in [0.15, 0.2) is 5.78 Å². The van der Waals surface area contributed by atoms with Crippen molar-refractivity contribution in [2.24, 2.45) is 11.0 Å². The van der Waals surface area contributed by atoms with Crippen LogP contribution in [0.3, 0.4) is 0 Å². The summed E-state index contributed by atoms with van der Waals surface area (Å²) in [5, 5.41) is 2.78. The minimum Gasteiger partial charge on any atom is -0.712 e. The lowest BCUT2D eigenvalue weighted by Gasteiger charge is -2.19. The third kappa shape index (κ3) is 3.36. The molecule has 0 aromatic rings. The second kappa shape index (κ2) is 5.62. The largest absolute Gasteiger partial charge is 0.712 e. The fourth-order valence-electron chi connectivity index (χ4n) is 1.85. The highest BCUT2D eigenvalue weighted by Crippen LogP contribution is 2.24. The van der Waals surface area contributed by atoms with Crippen molar-refractivity contribution in [3.05, 3.63) is 5.53 Å². The second-order valence-electron chi connectivity index (χ2n) is 3.79. The van der Waals surface area contributed by atoms with Gasteiger partial charge in [-0.25, -0.2) is 0 Å². The molecule has 0 heterocycles. The molecule has 0 spiro atoms. The van der Waals surface area contributed by atoms with Crippen LogP contribution in [0.4, 0.5) is 0 Å². The van der Waals surface area contributed by atoms with Crippen LogP contribution in [0.5, 0.6) is 0 Å². The first-order chi connectivity index (χ1) is 6.74. The predicted octanol–water partition coefficient (Wildman–Crippen LogP) is 2.12. The average molecular weight is 195 g/mol. The smallest absolute Gasteiger partial charge is 0.152 e. The minimum atomic E-state index is -0.138. The Hall–Kier alpha value is -1.06. The molecule has 1 unspecified atom stereocenters. The molecule has 4 nitrogen and oxygen atoms in total. The van der Waals surface area contributed by atoms with E-state index in [1.54, 1.807) is 0 Å².